The molecule has 0 amide bonds. The normalized spacial score (nSPS) is 13.6. The van der Waals surface area contributed by atoms with Crippen LogP contribution in [0.1, 0.15) is 27.6 Å². The van der Waals surface area contributed by atoms with Crippen molar-refractivity contribution in [1.82, 2.24) is 0 Å². The first-order valence-electron chi connectivity index (χ1n) is 10.3. The van der Waals surface area contributed by atoms with Crippen LogP contribution in [0.2, 0.25) is 0 Å². The van der Waals surface area contributed by atoms with Gasteiger partial charge in [0.1, 0.15) is 19.0 Å². The lowest BCUT2D eigenvalue weighted by Gasteiger charge is -2.19. The summed E-state index contributed by atoms with van der Waals surface area (Å²) in [7, 11) is -3.99. The standard InChI is InChI=1S/C24H20FNO7S/c1-15(23(27)16-5-7-18(25)8-6-16)33-24(28)17-3-2-4-19(13-17)26-34(29,30)20-9-10-21-22(14-20)32-12-11-31-21/h2-10,13-15,26H,11-12H2,1H3/t15-/m0/s1. The maximum absolute atomic E-state index is 13.1. The molecule has 1 heterocycles. The van der Waals surface area contributed by atoms with Gasteiger partial charge < -0.3 is 14.2 Å². The zero-order valence-corrected chi connectivity index (χ0v) is 18.8. The molecule has 176 valence electrons. The monoisotopic (exact) mass is 485 g/mol. The number of rotatable bonds is 7. The minimum absolute atomic E-state index is 0.0387. The Morgan fingerprint density at radius 2 is 1.65 bits per heavy atom. The van der Waals surface area contributed by atoms with E-state index in [1.807, 2.05) is 0 Å². The molecule has 1 aliphatic heterocycles. The smallest absolute Gasteiger partial charge is 0.338 e. The van der Waals surface area contributed by atoms with Gasteiger partial charge in [0.15, 0.2) is 17.6 Å². The number of sulfonamides is 1. The van der Waals surface area contributed by atoms with Crippen molar-refractivity contribution in [2.45, 2.75) is 17.9 Å². The van der Waals surface area contributed by atoms with Gasteiger partial charge in [-0.1, -0.05) is 6.07 Å². The Hall–Kier alpha value is -3.92. The quantitative estimate of drug-likeness (QED) is 0.400. The molecule has 3 aromatic rings. The lowest BCUT2D eigenvalue weighted by molar-refractivity contribution is 0.0319. The lowest BCUT2D eigenvalue weighted by Crippen LogP contribution is -2.24. The summed E-state index contributed by atoms with van der Waals surface area (Å²) < 4.78 is 57.2. The van der Waals surface area contributed by atoms with Crippen LogP contribution in [-0.4, -0.2) is 39.5 Å². The summed E-state index contributed by atoms with van der Waals surface area (Å²) >= 11 is 0. The molecule has 0 aromatic heterocycles. The summed E-state index contributed by atoms with van der Waals surface area (Å²) in [6.07, 6.45) is -1.13. The zero-order chi connectivity index (χ0) is 24.3. The highest BCUT2D eigenvalue weighted by Crippen LogP contribution is 2.32. The number of carbonyl (C=O) groups excluding carboxylic acids is 2. The van der Waals surface area contributed by atoms with E-state index in [0.29, 0.717) is 24.7 Å². The molecule has 34 heavy (non-hydrogen) atoms. The second kappa shape index (κ2) is 9.52. The molecule has 8 nitrogen and oxygen atoms in total. The molecular weight excluding hydrogens is 465 g/mol. The summed E-state index contributed by atoms with van der Waals surface area (Å²) in [6.45, 7) is 2.10. The van der Waals surface area contributed by atoms with Gasteiger partial charge in [0.05, 0.1) is 10.5 Å². The number of fused-ring (bicyclic) bond motifs is 1. The first kappa shape index (κ1) is 23.2. The molecule has 0 radical (unpaired) electrons. The number of ether oxygens (including phenoxy) is 3. The van der Waals surface area contributed by atoms with Crippen molar-refractivity contribution in [3.63, 3.8) is 0 Å². The van der Waals surface area contributed by atoms with Gasteiger partial charge in [0.25, 0.3) is 10.0 Å². The number of hydrogen-bond acceptors (Lipinski definition) is 7. The molecule has 0 saturated heterocycles. The molecule has 0 unspecified atom stereocenters. The number of anilines is 1. The number of hydrogen-bond donors (Lipinski definition) is 1. The van der Waals surface area contributed by atoms with E-state index in [2.05, 4.69) is 4.72 Å². The molecule has 0 spiro atoms. The SMILES string of the molecule is C[C@H](OC(=O)c1cccc(NS(=O)(=O)c2ccc3c(c2)OCCO3)c1)C(=O)c1ccc(F)cc1. The number of carbonyl (C=O) groups is 2. The summed E-state index contributed by atoms with van der Waals surface area (Å²) in [5, 5.41) is 0. The topological polar surface area (TPSA) is 108 Å². The minimum atomic E-state index is -3.99. The largest absolute Gasteiger partial charge is 0.486 e. The predicted octanol–water partition coefficient (Wildman–Crippen LogP) is 3.83. The van der Waals surface area contributed by atoms with Crippen molar-refractivity contribution in [3.05, 3.63) is 83.7 Å². The van der Waals surface area contributed by atoms with Crippen LogP contribution < -0.4 is 14.2 Å². The maximum atomic E-state index is 13.1. The van der Waals surface area contributed by atoms with Crippen LogP contribution in [0.3, 0.4) is 0 Å². The molecule has 4 rings (SSSR count). The van der Waals surface area contributed by atoms with E-state index in [4.69, 9.17) is 14.2 Å². The Bertz CT molecular complexity index is 1340. The van der Waals surface area contributed by atoms with Crippen LogP contribution in [0.5, 0.6) is 11.5 Å². The van der Waals surface area contributed by atoms with E-state index in [1.54, 1.807) is 0 Å². The summed E-state index contributed by atoms with van der Waals surface area (Å²) in [5.74, 6) is -1.02. The van der Waals surface area contributed by atoms with E-state index in [9.17, 15) is 22.4 Å². The van der Waals surface area contributed by atoms with Gasteiger partial charge in [-0.2, -0.15) is 0 Å². The third-order valence-electron chi connectivity index (χ3n) is 4.96. The third kappa shape index (κ3) is 5.18. The second-order valence-corrected chi connectivity index (χ2v) is 9.09. The van der Waals surface area contributed by atoms with Gasteiger partial charge in [-0.25, -0.2) is 17.6 Å². The van der Waals surface area contributed by atoms with Crippen molar-refractivity contribution in [2.75, 3.05) is 17.9 Å². The molecule has 0 fully saturated rings. The summed E-state index contributed by atoms with van der Waals surface area (Å²) in [4.78, 5) is 24.9. The molecular formula is C24H20FNO7S. The lowest BCUT2D eigenvalue weighted by atomic mass is 10.1. The fraction of sp³-hybridized carbons (Fsp3) is 0.167. The number of ketones is 1. The number of halogens is 1. The van der Waals surface area contributed by atoms with E-state index >= 15 is 0 Å². The third-order valence-corrected chi connectivity index (χ3v) is 6.34. The van der Waals surface area contributed by atoms with Gasteiger partial charge in [0.2, 0.25) is 5.78 Å². The van der Waals surface area contributed by atoms with Crippen molar-refractivity contribution in [3.8, 4) is 11.5 Å². The number of benzene rings is 3. The van der Waals surface area contributed by atoms with Crippen molar-refractivity contribution in [2.24, 2.45) is 0 Å². The Balaban J connectivity index is 1.46. The Morgan fingerprint density at radius 1 is 0.941 bits per heavy atom. The van der Waals surface area contributed by atoms with Crippen molar-refractivity contribution >= 4 is 27.5 Å². The average molecular weight is 485 g/mol. The predicted molar refractivity (Wildman–Crippen MR) is 120 cm³/mol. The van der Waals surface area contributed by atoms with E-state index < -0.39 is 33.7 Å². The van der Waals surface area contributed by atoms with Crippen LogP contribution in [-0.2, 0) is 14.8 Å². The molecule has 1 N–H and O–H groups in total. The Kier molecular flexibility index (Phi) is 6.51. The van der Waals surface area contributed by atoms with Gasteiger partial charge in [-0.3, -0.25) is 9.52 Å². The highest BCUT2D eigenvalue weighted by molar-refractivity contribution is 7.92. The second-order valence-electron chi connectivity index (χ2n) is 7.41. The number of Topliss-reactive ketones (excluding diaryl/α,β-unsaturated/α-hetero) is 1. The molecule has 1 atom stereocenters. The fourth-order valence-electron chi connectivity index (χ4n) is 3.25. The van der Waals surface area contributed by atoms with Crippen LogP contribution in [0, 0.1) is 5.82 Å². The molecule has 3 aromatic carbocycles. The molecule has 0 aliphatic carbocycles. The maximum Gasteiger partial charge on any atom is 0.338 e. The van der Waals surface area contributed by atoms with Crippen LogP contribution >= 0.6 is 0 Å². The Labute approximate surface area is 195 Å². The highest BCUT2D eigenvalue weighted by Gasteiger charge is 2.22. The van der Waals surface area contributed by atoms with E-state index in [-0.39, 0.29) is 21.7 Å². The van der Waals surface area contributed by atoms with Crippen LogP contribution in [0.25, 0.3) is 0 Å². The van der Waals surface area contributed by atoms with Crippen LogP contribution in [0.15, 0.2) is 71.6 Å². The summed E-state index contributed by atoms with van der Waals surface area (Å²) in [5.41, 5.74) is 0.366. The van der Waals surface area contributed by atoms with Gasteiger partial charge >= 0.3 is 5.97 Å². The van der Waals surface area contributed by atoms with E-state index in [1.165, 1.54) is 61.5 Å². The molecule has 10 heteroatoms. The molecule has 0 saturated carbocycles. The molecule has 0 bridgehead atoms. The average Bonchev–Trinajstić information content (AvgIpc) is 2.83. The van der Waals surface area contributed by atoms with Crippen LogP contribution in [0.4, 0.5) is 10.1 Å². The number of nitrogens with one attached hydrogen (secondary N) is 1. The zero-order valence-electron chi connectivity index (χ0n) is 18.0. The summed E-state index contributed by atoms with van der Waals surface area (Å²) in [6, 6.07) is 14.8. The first-order chi connectivity index (χ1) is 16.2. The van der Waals surface area contributed by atoms with Crippen molar-refractivity contribution in [1.29, 1.82) is 0 Å². The Morgan fingerprint density at radius 3 is 2.38 bits per heavy atom. The van der Waals surface area contributed by atoms with Crippen molar-refractivity contribution < 1.29 is 36.6 Å². The van der Waals surface area contributed by atoms with Gasteiger partial charge in [-0.15, -0.1) is 0 Å². The molecule has 1 aliphatic rings. The highest BCUT2D eigenvalue weighted by atomic mass is 32.2. The number of esters is 1. The van der Waals surface area contributed by atoms with Gasteiger partial charge in [-0.05, 0) is 61.5 Å². The fourth-order valence-corrected chi connectivity index (χ4v) is 4.31. The first-order valence-corrected chi connectivity index (χ1v) is 11.7. The van der Waals surface area contributed by atoms with Gasteiger partial charge in [0, 0.05) is 17.3 Å². The van der Waals surface area contributed by atoms with E-state index in [0.717, 1.165) is 12.1 Å². The minimum Gasteiger partial charge on any atom is -0.486 e.